The van der Waals surface area contributed by atoms with Gasteiger partial charge in [0.1, 0.15) is 5.75 Å². The normalized spacial score (nSPS) is 10.5. The minimum Gasteiger partial charge on any atom is -0.493 e. The van der Waals surface area contributed by atoms with E-state index in [1.165, 1.54) is 11.8 Å². The maximum Gasteiger partial charge on any atom is 0.339 e. The molecule has 0 radical (unpaired) electrons. The average Bonchev–Trinajstić information content (AvgIpc) is 3.20. The highest BCUT2D eigenvalue weighted by Gasteiger charge is 2.17. The molecule has 150 valence electrons. The number of primary amides is 1. The number of ether oxygens (including phenoxy) is 2. The minimum absolute atomic E-state index is 0.0660. The molecule has 0 aliphatic rings. The number of aromatic nitrogens is 2. The molecule has 0 atom stereocenters. The molecule has 3 rings (SSSR count). The van der Waals surface area contributed by atoms with Crippen LogP contribution in [0.15, 0.2) is 57.9 Å². The molecule has 0 spiro atoms. The first kappa shape index (κ1) is 20.4. The number of nitrogens with zero attached hydrogens (tertiary/aromatic N) is 2. The monoisotopic (exact) mass is 413 g/mol. The Balaban J connectivity index is 1.68. The molecule has 1 heterocycles. The number of esters is 1. The van der Waals surface area contributed by atoms with E-state index in [0.29, 0.717) is 34.2 Å². The summed E-state index contributed by atoms with van der Waals surface area (Å²) in [7, 11) is 0. The van der Waals surface area contributed by atoms with Crippen LogP contribution in [-0.2, 0) is 16.1 Å². The summed E-state index contributed by atoms with van der Waals surface area (Å²) in [5, 5.41) is 3.93. The van der Waals surface area contributed by atoms with Crippen molar-refractivity contribution in [3.63, 3.8) is 0 Å². The predicted molar refractivity (Wildman–Crippen MR) is 106 cm³/mol. The lowest BCUT2D eigenvalue weighted by molar-refractivity contribution is -0.115. The predicted octanol–water partition coefficient (Wildman–Crippen LogP) is 3.07. The molecule has 1 aromatic heterocycles. The molecule has 9 heteroatoms. The molecule has 3 aromatic rings. The first-order valence-corrected chi connectivity index (χ1v) is 9.79. The second kappa shape index (κ2) is 9.74. The van der Waals surface area contributed by atoms with Gasteiger partial charge in [0.2, 0.25) is 11.7 Å². The summed E-state index contributed by atoms with van der Waals surface area (Å²) in [5.74, 6) is 0.173. The van der Waals surface area contributed by atoms with E-state index in [0.717, 1.165) is 0 Å². The number of para-hydroxylation sites is 1. The van der Waals surface area contributed by atoms with Gasteiger partial charge >= 0.3 is 5.97 Å². The molecule has 0 bridgehead atoms. The van der Waals surface area contributed by atoms with Gasteiger partial charge in [-0.1, -0.05) is 29.4 Å². The van der Waals surface area contributed by atoms with Crippen molar-refractivity contribution in [3.8, 4) is 17.1 Å². The van der Waals surface area contributed by atoms with Gasteiger partial charge in [0.15, 0.2) is 6.61 Å². The van der Waals surface area contributed by atoms with Crippen LogP contribution in [0.2, 0.25) is 0 Å². The zero-order valence-corrected chi connectivity index (χ0v) is 16.5. The molecule has 0 aliphatic carbocycles. The maximum absolute atomic E-state index is 12.4. The fourth-order valence-electron chi connectivity index (χ4n) is 2.47. The van der Waals surface area contributed by atoms with E-state index in [1.807, 2.05) is 31.2 Å². The molecule has 8 nitrogen and oxygen atoms in total. The third-order valence-corrected chi connectivity index (χ3v) is 4.80. The summed E-state index contributed by atoms with van der Waals surface area (Å²) >= 11 is 1.17. The van der Waals surface area contributed by atoms with Crippen LogP contribution >= 0.6 is 11.8 Å². The van der Waals surface area contributed by atoms with Gasteiger partial charge < -0.3 is 19.7 Å². The van der Waals surface area contributed by atoms with Gasteiger partial charge in [-0.3, -0.25) is 4.79 Å². The van der Waals surface area contributed by atoms with Gasteiger partial charge in [0.05, 0.1) is 23.5 Å². The van der Waals surface area contributed by atoms with Crippen LogP contribution in [-0.4, -0.2) is 34.4 Å². The highest BCUT2D eigenvalue weighted by Crippen LogP contribution is 2.28. The van der Waals surface area contributed by atoms with Crippen molar-refractivity contribution < 1.29 is 23.6 Å². The second-order valence-corrected chi connectivity index (χ2v) is 6.79. The van der Waals surface area contributed by atoms with E-state index < -0.39 is 11.9 Å². The number of thioether (sulfide) groups is 1. The van der Waals surface area contributed by atoms with E-state index in [4.69, 9.17) is 19.7 Å². The van der Waals surface area contributed by atoms with Crippen molar-refractivity contribution in [2.75, 3.05) is 12.4 Å². The van der Waals surface area contributed by atoms with Gasteiger partial charge in [0, 0.05) is 4.90 Å². The van der Waals surface area contributed by atoms with Crippen molar-refractivity contribution in [2.24, 2.45) is 5.73 Å². The number of rotatable bonds is 9. The molecule has 0 unspecified atom stereocenters. The Morgan fingerprint density at radius 3 is 2.69 bits per heavy atom. The average molecular weight is 413 g/mol. The largest absolute Gasteiger partial charge is 0.493 e. The Morgan fingerprint density at radius 1 is 1.14 bits per heavy atom. The second-order valence-electron chi connectivity index (χ2n) is 5.77. The molecule has 0 aliphatic heterocycles. The van der Waals surface area contributed by atoms with Gasteiger partial charge in [-0.2, -0.15) is 4.98 Å². The third kappa shape index (κ3) is 5.35. The maximum atomic E-state index is 12.4. The van der Waals surface area contributed by atoms with E-state index in [-0.39, 0.29) is 18.3 Å². The fraction of sp³-hybridized carbons (Fsp3) is 0.200. The van der Waals surface area contributed by atoms with Crippen LogP contribution in [0.25, 0.3) is 11.4 Å². The van der Waals surface area contributed by atoms with E-state index >= 15 is 0 Å². The first-order chi connectivity index (χ1) is 14.1. The number of carbonyl (C=O) groups excluding carboxylic acids is 2. The van der Waals surface area contributed by atoms with Gasteiger partial charge in [0.25, 0.3) is 5.89 Å². The summed E-state index contributed by atoms with van der Waals surface area (Å²) in [4.78, 5) is 28.3. The molecule has 2 N–H and O–H groups in total. The number of hydrogen-bond donors (Lipinski definition) is 1. The fourth-order valence-corrected chi connectivity index (χ4v) is 3.25. The highest BCUT2D eigenvalue weighted by molar-refractivity contribution is 8.00. The quantitative estimate of drug-likeness (QED) is 0.420. The van der Waals surface area contributed by atoms with Crippen LogP contribution in [0, 0.1) is 0 Å². The molecule has 0 saturated carbocycles. The third-order valence-electron chi connectivity index (χ3n) is 3.70. The summed E-state index contributed by atoms with van der Waals surface area (Å²) in [6, 6.07) is 14.1. The molecule has 29 heavy (non-hydrogen) atoms. The zero-order chi connectivity index (χ0) is 20.6. The van der Waals surface area contributed by atoms with Crippen molar-refractivity contribution in [3.05, 3.63) is 60.0 Å². The molecule has 1 amide bonds. The Bertz CT molecular complexity index is 1010. The summed E-state index contributed by atoms with van der Waals surface area (Å²) in [6.07, 6.45) is 0. The van der Waals surface area contributed by atoms with E-state index in [1.54, 1.807) is 24.3 Å². The van der Waals surface area contributed by atoms with Crippen LogP contribution < -0.4 is 10.5 Å². The molecule has 0 saturated heterocycles. The van der Waals surface area contributed by atoms with E-state index in [2.05, 4.69) is 10.1 Å². The van der Waals surface area contributed by atoms with Crippen LogP contribution in [0.5, 0.6) is 5.75 Å². The summed E-state index contributed by atoms with van der Waals surface area (Å²) < 4.78 is 16.0. The van der Waals surface area contributed by atoms with Crippen molar-refractivity contribution in [2.45, 2.75) is 18.4 Å². The zero-order valence-electron chi connectivity index (χ0n) is 15.7. The Hall–Kier alpha value is -3.33. The lowest BCUT2D eigenvalue weighted by atomic mass is 10.2. The number of nitrogens with two attached hydrogens (primary N) is 1. The number of benzene rings is 2. The van der Waals surface area contributed by atoms with Crippen molar-refractivity contribution in [1.82, 2.24) is 10.1 Å². The summed E-state index contributed by atoms with van der Waals surface area (Å²) in [6.45, 7) is 2.21. The van der Waals surface area contributed by atoms with Crippen molar-refractivity contribution in [1.29, 1.82) is 0 Å². The number of carbonyl (C=O) groups is 2. The Kier molecular flexibility index (Phi) is 6.85. The van der Waals surface area contributed by atoms with Gasteiger partial charge in [-0.15, -0.1) is 11.8 Å². The smallest absolute Gasteiger partial charge is 0.339 e. The number of amides is 1. The number of hydrogen-bond acceptors (Lipinski definition) is 8. The standard InChI is InChI=1S/C20H19N3O5S/c1-2-26-15-9-5-3-7-13(15)19-22-18(28-23-19)11-27-20(25)14-8-4-6-10-16(14)29-12-17(21)24/h3-10H,2,11-12H2,1H3,(H2,21,24). The first-order valence-electron chi connectivity index (χ1n) is 8.80. The van der Waals surface area contributed by atoms with Crippen molar-refractivity contribution >= 4 is 23.6 Å². The van der Waals surface area contributed by atoms with Gasteiger partial charge in [-0.25, -0.2) is 4.79 Å². The molecular weight excluding hydrogens is 394 g/mol. The van der Waals surface area contributed by atoms with Crippen LogP contribution in [0.4, 0.5) is 0 Å². The van der Waals surface area contributed by atoms with Crippen LogP contribution in [0.1, 0.15) is 23.2 Å². The van der Waals surface area contributed by atoms with E-state index in [9.17, 15) is 9.59 Å². The topological polar surface area (TPSA) is 118 Å². The molecular formula is C20H19N3O5S. The Labute approximate surface area is 171 Å². The lowest BCUT2D eigenvalue weighted by Gasteiger charge is -2.07. The minimum atomic E-state index is -0.563. The van der Waals surface area contributed by atoms with Crippen LogP contribution in [0.3, 0.4) is 0 Å². The Morgan fingerprint density at radius 2 is 1.90 bits per heavy atom. The summed E-state index contributed by atoms with van der Waals surface area (Å²) in [5.41, 5.74) is 6.19. The lowest BCUT2D eigenvalue weighted by Crippen LogP contribution is -2.14. The molecule has 0 fully saturated rings. The highest BCUT2D eigenvalue weighted by atomic mass is 32.2. The molecule has 2 aromatic carbocycles. The SMILES string of the molecule is CCOc1ccccc1-c1noc(COC(=O)c2ccccc2SCC(N)=O)n1. The van der Waals surface area contributed by atoms with Gasteiger partial charge in [-0.05, 0) is 31.2 Å².